The summed E-state index contributed by atoms with van der Waals surface area (Å²) in [5.41, 5.74) is 1.62. The molecule has 1 aromatic heterocycles. The molecule has 1 unspecified atom stereocenters. The third kappa shape index (κ3) is 2.09. The highest BCUT2D eigenvalue weighted by molar-refractivity contribution is 6.05. The number of aryl methyl sites for hydroxylation is 1. The van der Waals surface area contributed by atoms with Gasteiger partial charge in [-0.05, 0) is 31.7 Å². The third-order valence-corrected chi connectivity index (χ3v) is 4.32. The van der Waals surface area contributed by atoms with Crippen LogP contribution in [-0.2, 0) is 7.05 Å². The number of fused-ring (bicyclic) bond motifs is 1. The molecular formula is C16H21N3O. The van der Waals surface area contributed by atoms with Gasteiger partial charge in [0, 0.05) is 25.0 Å². The number of hydrogen-bond donors (Lipinski definition) is 0. The summed E-state index contributed by atoms with van der Waals surface area (Å²) in [6, 6.07) is 8.31. The first-order valence-corrected chi connectivity index (χ1v) is 7.45. The van der Waals surface area contributed by atoms with Crippen molar-refractivity contribution in [3.05, 3.63) is 30.0 Å². The summed E-state index contributed by atoms with van der Waals surface area (Å²) in [4.78, 5) is 14.9. The molecular weight excluding hydrogens is 250 g/mol. The van der Waals surface area contributed by atoms with Gasteiger partial charge in [0.1, 0.15) is 0 Å². The first kappa shape index (κ1) is 13.2. The molecule has 0 bridgehead atoms. The molecule has 0 spiro atoms. The topological polar surface area (TPSA) is 38.1 Å². The van der Waals surface area contributed by atoms with Crippen molar-refractivity contribution in [2.45, 2.75) is 38.6 Å². The molecule has 3 rings (SSSR count). The van der Waals surface area contributed by atoms with Gasteiger partial charge in [0.25, 0.3) is 5.91 Å². The maximum Gasteiger partial charge on any atom is 0.275 e. The molecule has 0 radical (unpaired) electrons. The molecule has 1 amide bonds. The standard InChI is InChI=1S/C16H21N3O/c1-3-12-8-6-7-11-19(12)16(20)15-13-9-4-5-10-14(13)18(2)17-15/h4-5,9-10,12H,3,6-8,11H2,1-2H3. The number of nitrogens with zero attached hydrogens (tertiary/aromatic N) is 3. The van der Waals surface area contributed by atoms with Gasteiger partial charge >= 0.3 is 0 Å². The maximum absolute atomic E-state index is 12.8. The van der Waals surface area contributed by atoms with E-state index in [1.54, 1.807) is 4.68 Å². The summed E-state index contributed by atoms with van der Waals surface area (Å²) in [6.45, 7) is 3.02. The van der Waals surface area contributed by atoms with Crippen molar-refractivity contribution in [2.24, 2.45) is 7.05 Å². The zero-order valence-electron chi connectivity index (χ0n) is 12.2. The molecule has 1 fully saturated rings. The van der Waals surface area contributed by atoms with Gasteiger partial charge < -0.3 is 4.90 Å². The Morgan fingerprint density at radius 3 is 2.95 bits per heavy atom. The van der Waals surface area contributed by atoms with E-state index in [4.69, 9.17) is 0 Å². The Kier molecular flexibility index (Phi) is 3.47. The van der Waals surface area contributed by atoms with Gasteiger partial charge in [0.05, 0.1) is 5.52 Å². The molecule has 0 aliphatic carbocycles. The number of aromatic nitrogens is 2. The van der Waals surface area contributed by atoms with E-state index < -0.39 is 0 Å². The lowest BCUT2D eigenvalue weighted by molar-refractivity contribution is 0.0603. The average Bonchev–Trinajstić information content (AvgIpc) is 2.84. The van der Waals surface area contributed by atoms with Gasteiger partial charge in [-0.15, -0.1) is 0 Å². The lowest BCUT2D eigenvalue weighted by Crippen LogP contribution is -2.43. The summed E-state index contributed by atoms with van der Waals surface area (Å²) >= 11 is 0. The summed E-state index contributed by atoms with van der Waals surface area (Å²) < 4.78 is 1.80. The van der Waals surface area contributed by atoms with Crippen LogP contribution in [0.5, 0.6) is 0 Å². The van der Waals surface area contributed by atoms with Crippen molar-refractivity contribution in [1.29, 1.82) is 0 Å². The molecule has 4 nitrogen and oxygen atoms in total. The minimum Gasteiger partial charge on any atom is -0.334 e. The van der Waals surface area contributed by atoms with Gasteiger partial charge in [0.2, 0.25) is 0 Å². The van der Waals surface area contributed by atoms with Gasteiger partial charge in [-0.2, -0.15) is 5.10 Å². The Bertz CT molecular complexity index is 632. The quantitative estimate of drug-likeness (QED) is 0.842. The second kappa shape index (κ2) is 5.27. The SMILES string of the molecule is CCC1CCCCN1C(=O)c1nn(C)c2ccccc12. The molecule has 1 atom stereocenters. The molecule has 4 heteroatoms. The van der Waals surface area contributed by atoms with Gasteiger partial charge in [-0.1, -0.05) is 25.1 Å². The second-order valence-electron chi connectivity index (χ2n) is 5.55. The monoisotopic (exact) mass is 271 g/mol. The number of carbonyl (C=O) groups is 1. The number of rotatable bonds is 2. The van der Waals surface area contributed by atoms with Crippen LogP contribution in [0.3, 0.4) is 0 Å². The normalized spacial score (nSPS) is 19.5. The van der Waals surface area contributed by atoms with E-state index >= 15 is 0 Å². The lowest BCUT2D eigenvalue weighted by atomic mass is 9.99. The highest BCUT2D eigenvalue weighted by atomic mass is 16.2. The Balaban J connectivity index is 2.00. The summed E-state index contributed by atoms with van der Waals surface area (Å²) in [5.74, 6) is 0.0911. The van der Waals surface area contributed by atoms with Crippen LogP contribution in [0.1, 0.15) is 43.1 Å². The van der Waals surface area contributed by atoms with Gasteiger partial charge in [0.15, 0.2) is 5.69 Å². The second-order valence-corrected chi connectivity index (χ2v) is 5.55. The minimum absolute atomic E-state index is 0.0911. The smallest absolute Gasteiger partial charge is 0.275 e. The predicted molar refractivity (Wildman–Crippen MR) is 79.7 cm³/mol. The highest BCUT2D eigenvalue weighted by Gasteiger charge is 2.28. The lowest BCUT2D eigenvalue weighted by Gasteiger charge is -2.34. The number of amides is 1. The van der Waals surface area contributed by atoms with Crippen LogP contribution < -0.4 is 0 Å². The van der Waals surface area contributed by atoms with Crippen molar-refractivity contribution in [3.63, 3.8) is 0 Å². The Morgan fingerprint density at radius 1 is 1.35 bits per heavy atom. The van der Waals surface area contributed by atoms with Crippen molar-refractivity contribution in [2.75, 3.05) is 6.54 Å². The fraction of sp³-hybridized carbons (Fsp3) is 0.500. The number of carbonyl (C=O) groups excluding carboxylic acids is 1. The van der Waals surface area contributed by atoms with Gasteiger partial charge in [-0.3, -0.25) is 9.48 Å². The average molecular weight is 271 g/mol. The summed E-state index contributed by atoms with van der Waals surface area (Å²) in [6.07, 6.45) is 4.47. The molecule has 1 aliphatic rings. The molecule has 20 heavy (non-hydrogen) atoms. The van der Waals surface area contributed by atoms with Crippen LogP contribution in [0, 0.1) is 0 Å². The third-order valence-electron chi connectivity index (χ3n) is 4.32. The molecule has 106 valence electrons. The van der Waals surface area contributed by atoms with E-state index in [2.05, 4.69) is 12.0 Å². The first-order chi connectivity index (χ1) is 9.72. The van der Waals surface area contributed by atoms with Gasteiger partial charge in [-0.25, -0.2) is 0 Å². The largest absolute Gasteiger partial charge is 0.334 e. The maximum atomic E-state index is 12.8. The zero-order valence-corrected chi connectivity index (χ0v) is 12.2. The van der Waals surface area contributed by atoms with E-state index in [1.165, 1.54) is 6.42 Å². The Morgan fingerprint density at radius 2 is 2.15 bits per heavy atom. The van der Waals surface area contributed by atoms with Crippen molar-refractivity contribution in [1.82, 2.24) is 14.7 Å². The van der Waals surface area contributed by atoms with Crippen molar-refractivity contribution >= 4 is 16.8 Å². The fourth-order valence-electron chi connectivity index (χ4n) is 3.20. The molecule has 1 aromatic carbocycles. The van der Waals surface area contributed by atoms with E-state index in [0.717, 1.165) is 36.7 Å². The molecule has 1 saturated heterocycles. The van der Waals surface area contributed by atoms with Crippen LogP contribution in [0.2, 0.25) is 0 Å². The Labute approximate surface area is 119 Å². The minimum atomic E-state index is 0.0911. The van der Waals surface area contributed by atoms with E-state index in [-0.39, 0.29) is 5.91 Å². The highest BCUT2D eigenvalue weighted by Crippen LogP contribution is 2.24. The molecule has 1 aliphatic heterocycles. The van der Waals surface area contributed by atoms with Crippen LogP contribution >= 0.6 is 0 Å². The number of likely N-dealkylation sites (tertiary alicyclic amines) is 1. The van der Waals surface area contributed by atoms with Crippen LogP contribution in [0.25, 0.3) is 10.9 Å². The summed E-state index contributed by atoms with van der Waals surface area (Å²) in [7, 11) is 1.90. The number of para-hydroxylation sites is 1. The number of hydrogen-bond acceptors (Lipinski definition) is 2. The van der Waals surface area contributed by atoms with E-state index in [1.807, 2.05) is 36.2 Å². The molecule has 2 heterocycles. The fourth-order valence-corrected chi connectivity index (χ4v) is 3.20. The predicted octanol–water partition coefficient (Wildman–Crippen LogP) is 2.98. The van der Waals surface area contributed by atoms with E-state index in [9.17, 15) is 4.79 Å². The van der Waals surface area contributed by atoms with Crippen LogP contribution in [0.4, 0.5) is 0 Å². The van der Waals surface area contributed by atoms with Crippen molar-refractivity contribution in [3.8, 4) is 0 Å². The molecule has 0 saturated carbocycles. The number of benzene rings is 1. The zero-order chi connectivity index (χ0) is 14.1. The molecule has 2 aromatic rings. The van der Waals surface area contributed by atoms with E-state index in [0.29, 0.717) is 11.7 Å². The van der Waals surface area contributed by atoms with Crippen LogP contribution in [-0.4, -0.2) is 33.2 Å². The molecule has 0 N–H and O–H groups in total. The first-order valence-electron chi connectivity index (χ1n) is 7.45. The van der Waals surface area contributed by atoms with Crippen molar-refractivity contribution < 1.29 is 4.79 Å². The Hall–Kier alpha value is -1.84. The van der Waals surface area contributed by atoms with Crippen LogP contribution in [0.15, 0.2) is 24.3 Å². The number of piperidine rings is 1. The summed E-state index contributed by atoms with van der Waals surface area (Å²) in [5, 5.41) is 5.42.